The molecular weight excluding hydrogens is 484 g/mol. The zero-order valence-corrected chi connectivity index (χ0v) is 21.2. The maximum absolute atomic E-state index is 13.0. The molecule has 1 aromatic carbocycles. The van der Waals surface area contributed by atoms with Crippen LogP contribution in [0.3, 0.4) is 0 Å². The molecule has 0 spiro atoms. The van der Waals surface area contributed by atoms with Gasteiger partial charge in [0.25, 0.3) is 17.7 Å². The van der Waals surface area contributed by atoms with Crippen LogP contribution in [0.25, 0.3) is 0 Å². The minimum atomic E-state index is -1.19. The molecule has 9 nitrogen and oxygen atoms in total. The van der Waals surface area contributed by atoms with Crippen LogP contribution in [0.4, 0.5) is 5.00 Å². The normalized spacial score (nSPS) is 15.4. The molecule has 1 aromatic heterocycles. The standard InChI is InChI=1S/C26H28N2O7S/c1-4-34-25(32)20-17-11-7-8-12-18(17)36-22(20)27-19(29)13-35-26(33)21(14(2)3)28-23(30)15-9-5-6-10-16(15)24(28)31/h5-6,9-10,14,21H,4,7-8,11-13H2,1-3H3,(H,27,29)/t21-/m0/s1. The van der Waals surface area contributed by atoms with Crippen LogP contribution in [-0.2, 0) is 31.9 Å². The molecule has 1 aliphatic heterocycles. The van der Waals surface area contributed by atoms with E-state index in [0.29, 0.717) is 10.6 Å². The van der Waals surface area contributed by atoms with E-state index in [0.717, 1.165) is 41.0 Å². The number of esters is 2. The second-order valence-electron chi connectivity index (χ2n) is 9.01. The molecule has 4 rings (SSSR count). The molecule has 1 N–H and O–H groups in total. The number of rotatable bonds is 8. The third-order valence-corrected chi connectivity index (χ3v) is 7.43. The lowest BCUT2D eigenvalue weighted by Crippen LogP contribution is -2.49. The first kappa shape index (κ1) is 25.6. The van der Waals surface area contributed by atoms with Crippen LogP contribution in [0, 0.1) is 5.92 Å². The second kappa shape index (κ2) is 10.6. The molecule has 0 fully saturated rings. The summed E-state index contributed by atoms with van der Waals surface area (Å²) in [6.45, 7) is 4.68. The number of fused-ring (bicyclic) bond motifs is 2. The van der Waals surface area contributed by atoms with Gasteiger partial charge in [-0.1, -0.05) is 26.0 Å². The van der Waals surface area contributed by atoms with Crippen LogP contribution in [0.5, 0.6) is 0 Å². The van der Waals surface area contributed by atoms with Crippen LogP contribution in [-0.4, -0.2) is 53.8 Å². The number of aryl methyl sites for hydroxylation is 1. The summed E-state index contributed by atoms with van der Waals surface area (Å²) in [5, 5.41) is 3.06. The van der Waals surface area contributed by atoms with Crippen molar-refractivity contribution < 1.29 is 33.4 Å². The van der Waals surface area contributed by atoms with Crippen LogP contribution in [0.1, 0.15) is 75.1 Å². The highest BCUT2D eigenvalue weighted by atomic mass is 32.1. The van der Waals surface area contributed by atoms with E-state index in [1.807, 2.05) is 0 Å². The zero-order valence-electron chi connectivity index (χ0n) is 20.4. The van der Waals surface area contributed by atoms with Crippen LogP contribution in [0.2, 0.25) is 0 Å². The van der Waals surface area contributed by atoms with E-state index in [1.165, 1.54) is 23.5 Å². The molecule has 0 bridgehead atoms. The first-order valence-electron chi connectivity index (χ1n) is 12.0. The van der Waals surface area contributed by atoms with Gasteiger partial charge in [0, 0.05) is 4.88 Å². The Labute approximate surface area is 212 Å². The van der Waals surface area contributed by atoms with Gasteiger partial charge in [0.15, 0.2) is 6.61 Å². The van der Waals surface area contributed by atoms with Crippen molar-refractivity contribution in [1.29, 1.82) is 0 Å². The lowest BCUT2D eigenvalue weighted by atomic mass is 9.95. The highest BCUT2D eigenvalue weighted by Crippen LogP contribution is 2.38. The molecule has 0 radical (unpaired) electrons. The summed E-state index contributed by atoms with van der Waals surface area (Å²) in [5.74, 6) is -3.56. The van der Waals surface area contributed by atoms with E-state index >= 15 is 0 Å². The largest absolute Gasteiger partial charge is 0.462 e. The number of carbonyl (C=O) groups is 5. The van der Waals surface area contributed by atoms with Gasteiger partial charge in [-0.05, 0) is 56.2 Å². The van der Waals surface area contributed by atoms with Crippen molar-refractivity contribution in [2.45, 2.75) is 52.5 Å². The van der Waals surface area contributed by atoms with Crippen molar-refractivity contribution in [2.75, 3.05) is 18.5 Å². The average Bonchev–Trinajstić information content (AvgIpc) is 3.33. The SMILES string of the molecule is CCOC(=O)c1c(NC(=O)COC(=O)[C@H](C(C)C)N2C(=O)c3ccccc3C2=O)sc2c1CCCC2. The minimum absolute atomic E-state index is 0.211. The second-order valence-corrected chi connectivity index (χ2v) is 10.1. The van der Waals surface area contributed by atoms with E-state index in [-0.39, 0.29) is 17.7 Å². The number of hydrogen-bond acceptors (Lipinski definition) is 8. The summed E-state index contributed by atoms with van der Waals surface area (Å²) in [6.07, 6.45) is 3.53. The molecule has 0 saturated carbocycles. The van der Waals surface area contributed by atoms with Gasteiger partial charge < -0.3 is 14.8 Å². The zero-order chi connectivity index (χ0) is 26.0. The molecule has 0 saturated heterocycles. The molecular formula is C26H28N2O7S. The number of nitrogens with zero attached hydrogens (tertiary/aromatic N) is 1. The number of benzene rings is 1. The monoisotopic (exact) mass is 512 g/mol. The number of thiophene rings is 1. The van der Waals surface area contributed by atoms with Crippen molar-refractivity contribution in [2.24, 2.45) is 5.92 Å². The maximum atomic E-state index is 13.0. The summed E-state index contributed by atoms with van der Waals surface area (Å²) in [7, 11) is 0. The summed E-state index contributed by atoms with van der Waals surface area (Å²) >= 11 is 1.33. The summed E-state index contributed by atoms with van der Waals surface area (Å²) in [5.41, 5.74) is 1.73. The fourth-order valence-electron chi connectivity index (χ4n) is 4.59. The number of hydrogen-bond donors (Lipinski definition) is 1. The number of carbonyl (C=O) groups excluding carboxylic acids is 5. The predicted octanol–water partition coefficient (Wildman–Crippen LogP) is 3.61. The van der Waals surface area contributed by atoms with Crippen LogP contribution < -0.4 is 5.32 Å². The third kappa shape index (κ3) is 4.77. The molecule has 1 atom stereocenters. The average molecular weight is 513 g/mol. The Morgan fingerprint density at radius 3 is 2.28 bits per heavy atom. The topological polar surface area (TPSA) is 119 Å². The quantitative estimate of drug-likeness (QED) is 0.424. The predicted molar refractivity (Wildman–Crippen MR) is 132 cm³/mol. The van der Waals surface area contributed by atoms with Gasteiger partial charge >= 0.3 is 11.9 Å². The Hall–Kier alpha value is -3.53. The molecule has 2 heterocycles. The van der Waals surface area contributed by atoms with Crippen molar-refractivity contribution in [1.82, 2.24) is 4.90 Å². The Kier molecular flexibility index (Phi) is 7.53. The summed E-state index contributed by atoms with van der Waals surface area (Å²) in [4.78, 5) is 65.9. The van der Waals surface area contributed by atoms with Crippen molar-refractivity contribution >= 4 is 46.0 Å². The maximum Gasteiger partial charge on any atom is 0.341 e. The number of imide groups is 1. The van der Waals surface area contributed by atoms with Gasteiger partial charge in [0.05, 0.1) is 23.3 Å². The van der Waals surface area contributed by atoms with Crippen molar-refractivity contribution in [3.8, 4) is 0 Å². The van der Waals surface area contributed by atoms with Crippen LogP contribution >= 0.6 is 11.3 Å². The van der Waals surface area contributed by atoms with E-state index in [9.17, 15) is 24.0 Å². The van der Waals surface area contributed by atoms with E-state index in [4.69, 9.17) is 9.47 Å². The number of ether oxygens (including phenoxy) is 2. The first-order chi connectivity index (χ1) is 17.2. The molecule has 36 heavy (non-hydrogen) atoms. The Morgan fingerprint density at radius 1 is 1.03 bits per heavy atom. The summed E-state index contributed by atoms with van der Waals surface area (Å²) < 4.78 is 10.4. The minimum Gasteiger partial charge on any atom is -0.462 e. The first-order valence-corrected chi connectivity index (χ1v) is 12.8. The van der Waals surface area contributed by atoms with Gasteiger partial charge in [0.1, 0.15) is 11.0 Å². The third-order valence-electron chi connectivity index (χ3n) is 6.23. The van der Waals surface area contributed by atoms with Gasteiger partial charge in [-0.25, -0.2) is 9.59 Å². The highest BCUT2D eigenvalue weighted by Gasteiger charge is 2.44. The van der Waals surface area contributed by atoms with Gasteiger partial charge in [0.2, 0.25) is 0 Å². The van der Waals surface area contributed by atoms with Crippen molar-refractivity contribution in [3.05, 3.63) is 51.4 Å². The lowest BCUT2D eigenvalue weighted by Gasteiger charge is -2.27. The van der Waals surface area contributed by atoms with E-state index in [2.05, 4.69) is 5.32 Å². The molecule has 0 unspecified atom stereocenters. The molecule has 3 amide bonds. The number of anilines is 1. The van der Waals surface area contributed by atoms with E-state index < -0.39 is 48.2 Å². The van der Waals surface area contributed by atoms with Crippen LogP contribution in [0.15, 0.2) is 24.3 Å². The van der Waals surface area contributed by atoms with Crippen molar-refractivity contribution in [3.63, 3.8) is 0 Å². The Balaban J connectivity index is 1.46. The Bertz CT molecular complexity index is 1200. The molecule has 10 heteroatoms. The summed E-state index contributed by atoms with van der Waals surface area (Å²) in [6, 6.07) is 5.18. The molecule has 1 aliphatic carbocycles. The molecule has 2 aliphatic rings. The molecule has 2 aromatic rings. The van der Waals surface area contributed by atoms with Gasteiger partial charge in [-0.2, -0.15) is 0 Å². The number of nitrogens with one attached hydrogen (secondary N) is 1. The fraction of sp³-hybridized carbons (Fsp3) is 0.423. The Morgan fingerprint density at radius 2 is 1.67 bits per heavy atom. The van der Waals surface area contributed by atoms with Gasteiger partial charge in [-0.3, -0.25) is 19.3 Å². The fourth-order valence-corrected chi connectivity index (χ4v) is 5.89. The lowest BCUT2D eigenvalue weighted by molar-refractivity contribution is -0.152. The highest BCUT2D eigenvalue weighted by molar-refractivity contribution is 7.17. The smallest absolute Gasteiger partial charge is 0.341 e. The van der Waals surface area contributed by atoms with Gasteiger partial charge in [-0.15, -0.1) is 11.3 Å². The molecule has 190 valence electrons. The number of amides is 3. The van der Waals surface area contributed by atoms with E-state index in [1.54, 1.807) is 32.9 Å².